The molecule has 1 amide bonds. The summed E-state index contributed by atoms with van der Waals surface area (Å²) in [5, 5.41) is 5.12. The number of fused-ring (bicyclic) bond motifs is 1. The van der Waals surface area contributed by atoms with Crippen molar-refractivity contribution < 1.29 is 36.6 Å². The summed E-state index contributed by atoms with van der Waals surface area (Å²) in [7, 11) is 0. The Kier molecular flexibility index (Phi) is 9.87. The number of amides is 1. The van der Waals surface area contributed by atoms with Crippen molar-refractivity contribution in [2.75, 3.05) is 56.7 Å². The first-order valence-electron chi connectivity index (χ1n) is 11.8. The standard InChI is InChI=1S/C25H24ClF4N5O4/c26-22-16(27)3-4-17(23(22)28)34-24-15-12-19(33-21(36)2-1-5-35-6-8-37-9-7-35)20(13-18(15)31-14-32-24)38-10-11-39-25(29)30/h1-4,12-14,25H,5-11H2,(H,33,36)(H,31,32,34)/b2-1+. The first kappa shape index (κ1) is 28.5. The number of rotatable bonds is 11. The Morgan fingerprint density at radius 2 is 1.95 bits per heavy atom. The molecule has 1 fully saturated rings. The van der Waals surface area contributed by atoms with Crippen molar-refractivity contribution >= 4 is 45.6 Å². The van der Waals surface area contributed by atoms with E-state index in [1.54, 1.807) is 6.08 Å². The number of nitrogens with one attached hydrogen (secondary N) is 2. The predicted molar refractivity (Wildman–Crippen MR) is 137 cm³/mol. The van der Waals surface area contributed by atoms with Crippen molar-refractivity contribution in [3.8, 4) is 5.75 Å². The summed E-state index contributed by atoms with van der Waals surface area (Å²) in [6, 6.07) is 5.11. The maximum atomic E-state index is 14.5. The molecule has 0 radical (unpaired) electrons. The normalized spacial score (nSPS) is 14.3. The summed E-state index contributed by atoms with van der Waals surface area (Å²) in [6.07, 6.45) is 4.26. The second-order valence-corrected chi connectivity index (χ2v) is 8.60. The smallest absolute Gasteiger partial charge is 0.345 e. The number of alkyl halides is 2. The maximum Gasteiger partial charge on any atom is 0.345 e. The molecule has 2 heterocycles. The zero-order chi connectivity index (χ0) is 27.8. The molecule has 2 N–H and O–H groups in total. The lowest BCUT2D eigenvalue weighted by Crippen LogP contribution is -2.36. The summed E-state index contributed by atoms with van der Waals surface area (Å²) in [5.74, 6) is -2.14. The van der Waals surface area contributed by atoms with Gasteiger partial charge in [-0.2, -0.15) is 8.78 Å². The van der Waals surface area contributed by atoms with Crippen molar-refractivity contribution in [3.63, 3.8) is 0 Å². The topological polar surface area (TPSA) is 97.8 Å². The molecule has 0 aliphatic carbocycles. The van der Waals surface area contributed by atoms with Crippen molar-refractivity contribution in [2.24, 2.45) is 0 Å². The summed E-state index contributed by atoms with van der Waals surface area (Å²) < 4.78 is 67.9. The lowest BCUT2D eigenvalue weighted by molar-refractivity contribution is -0.133. The number of ether oxygens (including phenoxy) is 3. The summed E-state index contributed by atoms with van der Waals surface area (Å²) >= 11 is 5.68. The molecule has 1 saturated heterocycles. The number of aromatic nitrogens is 2. The zero-order valence-corrected chi connectivity index (χ0v) is 21.2. The van der Waals surface area contributed by atoms with E-state index in [-0.39, 0.29) is 29.5 Å². The molecular formula is C25H24ClF4N5O4. The summed E-state index contributed by atoms with van der Waals surface area (Å²) in [4.78, 5) is 23.1. The van der Waals surface area contributed by atoms with Gasteiger partial charge in [-0.3, -0.25) is 9.69 Å². The van der Waals surface area contributed by atoms with Gasteiger partial charge < -0.3 is 24.8 Å². The van der Waals surface area contributed by atoms with E-state index in [2.05, 4.69) is 30.2 Å². The van der Waals surface area contributed by atoms with E-state index < -0.39 is 35.8 Å². The number of hydrogen-bond donors (Lipinski definition) is 2. The third-order valence-corrected chi connectivity index (χ3v) is 5.95. The lowest BCUT2D eigenvalue weighted by Gasteiger charge is -2.25. The first-order chi connectivity index (χ1) is 18.8. The van der Waals surface area contributed by atoms with Gasteiger partial charge >= 0.3 is 6.61 Å². The number of carbonyl (C=O) groups excluding carboxylic acids is 1. The van der Waals surface area contributed by atoms with E-state index in [9.17, 15) is 22.4 Å². The number of carbonyl (C=O) groups is 1. The average Bonchev–Trinajstić information content (AvgIpc) is 2.92. The minimum absolute atomic E-state index is 0.132. The van der Waals surface area contributed by atoms with Gasteiger partial charge in [-0.05, 0) is 18.2 Å². The monoisotopic (exact) mass is 569 g/mol. The van der Waals surface area contributed by atoms with Crippen LogP contribution in [0.2, 0.25) is 5.02 Å². The third kappa shape index (κ3) is 7.76. The van der Waals surface area contributed by atoms with Crippen LogP contribution in [0.25, 0.3) is 10.9 Å². The first-order valence-corrected chi connectivity index (χ1v) is 12.2. The van der Waals surface area contributed by atoms with Gasteiger partial charge in [-0.15, -0.1) is 0 Å². The van der Waals surface area contributed by atoms with E-state index in [0.717, 1.165) is 25.2 Å². The van der Waals surface area contributed by atoms with Gasteiger partial charge in [0.1, 0.15) is 35.3 Å². The molecule has 4 rings (SSSR count). The summed E-state index contributed by atoms with van der Waals surface area (Å²) in [6.45, 7) is -0.279. The average molecular weight is 570 g/mol. The van der Waals surface area contributed by atoms with Crippen LogP contribution in [0.4, 0.5) is 34.8 Å². The Bertz CT molecular complexity index is 1340. The van der Waals surface area contributed by atoms with E-state index in [0.29, 0.717) is 30.7 Å². The molecule has 0 spiro atoms. The molecule has 0 bridgehead atoms. The second kappa shape index (κ2) is 13.5. The molecule has 0 atom stereocenters. The van der Waals surface area contributed by atoms with Crippen LogP contribution in [-0.4, -0.2) is 73.4 Å². The van der Waals surface area contributed by atoms with Gasteiger partial charge in [-0.25, -0.2) is 18.7 Å². The molecule has 1 aliphatic heterocycles. The Balaban J connectivity index is 1.59. The van der Waals surface area contributed by atoms with E-state index in [4.69, 9.17) is 21.1 Å². The SMILES string of the molecule is O=C(/C=C/CN1CCOCC1)Nc1cc2c(Nc3ccc(F)c(Cl)c3F)ncnc2cc1OCCOC(F)F. The molecule has 39 heavy (non-hydrogen) atoms. The molecule has 3 aromatic rings. The van der Waals surface area contributed by atoms with Crippen molar-refractivity contribution in [2.45, 2.75) is 6.61 Å². The minimum atomic E-state index is -2.96. The van der Waals surface area contributed by atoms with E-state index in [1.165, 1.54) is 24.5 Å². The largest absolute Gasteiger partial charge is 0.489 e. The minimum Gasteiger partial charge on any atom is -0.489 e. The summed E-state index contributed by atoms with van der Waals surface area (Å²) in [5.41, 5.74) is 0.366. The zero-order valence-electron chi connectivity index (χ0n) is 20.4. The molecule has 14 heteroatoms. The molecule has 208 valence electrons. The van der Waals surface area contributed by atoms with Gasteiger partial charge in [0.2, 0.25) is 5.91 Å². The number of hydrogen-bond acceptors (Lipinski definition) is 8. The molecule has 1 aliphatic rings. The van der Waals surface area contributed by atoms with E-state index >= 15 is 0 Å². The molecule has 0 unspecified atom stereocenters. The van der Waals surface area contributed by atoms with Crippen molar-refractivity contribution in [3.05, 3.63) is 59.4 Å². The predicted octanol–water partition coefficient (Wildman–Crippen LogP) is 4.75. The highest BCUT2D eigenvalue weighted by Gasteiger charge is 2.17. The van der Waals surface area contributed by atoms with Crippen molar-refractivity contribution in [1.29, 1.82) is 0 Å². The number of benzene rings is 2. The quantitative estimate of drug-likeness (QED) is 0.148. The van der Waals surface area contributed by atoms with Crippen LogP contribution >= 0.6 is 11.6 Å². The van der Waals surface area contributed by atoms with Crippen LogP contribution in [0.3, 0.4) is 0 Å². The Morgan fingerprint density at radius 3 is 2.72 bits per heavy atom. The Labute approximate surface area is 225 Å². The number of anilines is 3. The third-order valence-electron chi connectivity index (χ3n) is 5.60. The molecule has 0 saturated carbocycles. The van der Waals surface area contributed by atoms with Gasteiger partial charge in [0.15, 0.2) is 5.82 Å². The second-order valence-electron chi connectivity index (χ2n) is 8.22. The van der Waals surface area contributed by atoms with Crippen LogP contribution in [0.15, 0.2) is 42.7 Å². The highest BCUT2D eigenvalue weighted by atomic mass is 35.5. The lowest BCUT2D eigenvalue weighted by atomic mass is 10.1. The molecule has 2 aromatic carbocycles. The highest BCUT2D eigenvalue weighted by Crippen LogP contribution is 2.34. The number of nitrogens with zero attached hydrogens (tertiary/aromatic N) is 3. The molecule has 1 aromatic heterocycles. The fourth-order valence-corrected chi connectivity index (χ4v) is 3.87. The number of morpholine rings is 1. The Morgan fingerprint density at radius 1 is 1.15 bits per heavy atom. The van der Waals surface area contributed by atoms with Gasteiger partial charge in [0, 0.05) is 37.2 Å². The van der Waals surface area contributed by atoms with Crippen LogP contribution in [0, 0.1) is 11.6 Å². The van der Waals surface area contributed by atoms with Gasteiger partial charge in [-0.1, -0.05) is 17.7 Å². The number of halogens is 5. The van der Waals surface area contributed by atoms with Crippen LogP contribution < -0.4 is 15.4 Å². The van der Waals surface area contributed by atoms with Gasteiger partial charge in [0.25, 0.3) is 0 Å². The maximum absolute atomic E-state index is 14.5. The van der Waals surface area contributed by atoms with Gasteiger partial charge in [0.05, 0.1) is 36.7 Å². The molecule has 9 nitrogen and oxygen atoms in total. The fourth-order valence-electron chi connectivity index (χ4n) is 3.71. The van der Waals surface area contributed by atoms with Crippen LogP contribution in [0.1, 0.15) is 0 Å². The van der Waals surface area contributed by atoms with Crippen molar-refractivity contribution in [1.82, 2.24) is 14.9 Å². The molecular weight excluding hydrogens is 546 g/mol. The van der Waals surface area contributed by atoms with Crippen LogP contribution in [-0.2, 0) is 14.3 Å². The fraction of sp³-hybridized carbons (Fsp3) is 0.320. The van der Waals surface area contributed by atoms with E-state index in [1.807, 2.05) is 0 Å². The van der Waals surface area contributed by atoms with Crippen LogP contribution in [0.5, 0.6) is 5.75 Å². The highest BCUT2D eigenvalue weighted by molar-refractivity contribution is 6.31. The Hall–Kier alpha value is -3.52.